The van der Waals surface area contributed by atoms with Gasteiger partial charge in [0.25, 0.3) is 0 Å². The van der Waals surface area contributed by atoms with Crippen LogP contribution in [0.15, 0.2) is 60.8 Å². The number of phosphoric acid groups is 1. The molecule has 0 aromatic heterocycles. The molecule has 0 rings (SSSR count). The number of rotatable bonds is 33. The van der Waals surface area contributed by atoms with Crippen LogP contribution in [0.25, 0.3) is 0 Å². The standard InChI is InChI=1S/C38H64NO10P/c1-3-5-7-9-11-13-15-16-17-18-20-21-23-25-27-29-36(40)46-31-34(32-47-50(44,45)48-33-35(39)38(42)43)49-37(41)30-28-26-24-22-19-14-12-10-8-6-4-2/h5,7,10-13,16-17,20-21,34-35H,3-4,6,8-9,14-15,18-19,22-33,39H2,1-2H3,(H,42,43)(H,44,45)/b7-5-,12-10-,13-11-,17-16-,21-20-/t34-,35+/m1/s1. The molecule has 0 aromatic carbocycles. The van der Waals surface area contributed by atoms with Crippen LogP contribution in [-0.4, -0.2) is 59.9 Å². The molecule has 0 fully saturated rings. The van der Waals surface area contributed by atoms with Gasteiger partial charge in [0.05, 0.1) is 13.2 Å². The summed E-state index contributed by atoms with van der Waals surface area (Å²) in [6, 6.07) is -1.53. The molecular formula is C38H64NO10P. The van der Waals surface area contributed by atoms with Crippen LogP contribution < -0.4 is 5.73 Å². The third-order valence-corrected chi connectivity index (χ3v) is 8.20. The maximum atomic E-state index is 12.5. The minimum atomic E-state index is -4.72. The Morgan fingerprint density at radius 2 is 1.12 bits per heavy atom. The normalized spacial score (nSPS) is 14.6. The van der Waals surface area contributed by atoms with E-state index >= 15 is 0 Å². The first-order valence-electron chi connectivity index (χ1n) is 18.3. The van der Waals surface area contributed by atoms with E-state index in [4.69, 9.17) is 24.8 Å². The lowest BCUT2D eigenvalue weighted by molar-refractivity contribution is -0.161. The SMILES string of the molecule is CC/C=C\C/C=C\C/C=C\C/C=C\CCCCC(=O)OC[C@H](COP(=O)(O)OC[C@H](N)C(=O)O)OC(=O)CCCCCCC/C=C\CCCC. The molecule has 0 aliphatic rings. The van der Waals surface area contributed by atoms with Crippen LogP contribution in [0.4, 0.5) is 0 Å². The molecule has 0 saturated heterocycles. The number of unbranched alkanes of at least 4 members (excludes halogenated alkanes) is 9. The first-order chi connectivity index (χ1) is 24.1. The largest absolute Gasteiger partial charge is 0.480 e. The lowest BCUT2D eigenvalue weighted by atomic mass is 10.1. The maximum absolute atomic E-state index is 12.5. The molecule has 0 aliphatic heterocycles. The van der Waals surface area contributed by atoms with Crippen LogP contribution in [0.1, 0.15) is 129 Å². The zero-order valence-corrected chi connectivity index (χ0v) is 31.4. The first kappa shape index (κ1) is 47.2. The van der Waals surface area contributed by atoms with Crippen LogP contribution in [0.2, 0.25) is 0 Å². The Labute approximate surface area is 300 Å². The summed E-state index contributed by atoms with van der Waals surface area (Å²) in [6.07, 6.45) is 35.9. The predicted octanol–water partition coefficient (Wildman–Crippen LogP) is 8.83. The molecule has 0 amide bonds. The summed E-state index contributed by atoms with van der Waals surface area (Å²) in [7, 11) is -4.72. The molecule has 0 aromatic rings. The number of hydrogen-bond donors (Lipinski definition) is 3. The quantitative estimate of drug-likeness (QED) is 0.0255. The van der Waals surface area contributed by atoms with E-state index in [1.54, 1.807) is 0 Å². The number of carboxylic acids is 1. The lowest BCUT2D eigenvalue weighted by Crippen LogP contribution is -2.34. The number of carbonyl (C=O) groups is 3. The number of ether oxygens (including phenoxy) is 2. The van der Waals surface area contributed by atoms with Crippen molar-refractivity contribution in [3.8, 4) is 0 Å². The van der Waals surface area contributed by atoms with Gasteiger partial charge in [0.15, 0.2) is 6.10 Å². The molecule has 0 bridgehead atoms. The van der Waals surface area contributed by atoms with Crippen molar-refractivity contribution in [2.75, 3.05) is 19.8 Å². The number of allylic oxidation sites excluding steroid dienone is 10. The highest BCUT2D eigenvalue weighted by Gasteiger charge is 2.28. The Hall–Kier alpha value is -2.82. The van der Waals surface area contributed by atoms with Crippen molar-refractivity contribution in [2.45, 2.75) is 142 Å². The summed E-state index contributed by atoms with van der Waals surface area (Å²) in [6.45, 7) is 2.55. The molecule has 0 heterocycles. The van der Waals surface area contributed by atoms with Gasteiger partial charge in [0, 0.05) is 12.8 Å². The van der Waals surface area contributed by atoms with E-state index in [2.05, 4.69) is 79.1 Å². The van der Waals surface area contributed by atoms with Crippen molar-refractivity contribution in [3.63, 3.8) is 0 Å². The molecule has 3 atom stereocenters. The van der Waals surface area contributed by atoms with Crippen molar-refractivity contribution in [3.05, 3.63) is 60.8 Å². The van der Waals surface area contributed by atoms with Crippen molar-refractivity contribution in [2.24, 2.45) is 5.73 Å². The highest BCUT2D eigenvalue weighted by atomic mass is 31.2. The Bertz CT molecular complexity index is 1090. The van der Waals surface area contributed by atoms with Crippen LogP contribution in [0.3, 0.4) is 0 Å². The van der Waals surface area contributed by atoms with E-state index in [0.29, 0.717) is 12.8 Å². The second kappa shape index (κ2) is 33.3. The summed E-state index contributed by atoms with van der Waals surface area (Å²) in [5, 5.41) is 8.85. The third-order valence-electron chi connectivity index (χ3n) is 7.25. The van der Waals surface area contributed by atoms with Gasteiger partial charge in [0.2, 0.25) is 0 Å². The first-order valence-corrected chi connectivity index (χ1v) is 19.8. The van der Waals surface area contributed by atoms with Gasteiger partial charge in [-0.3, -0.25) is 23.4 Å². The van der Waals surface area contributed by atoms with Crippen molar-refractivity contribution >= 4 is 25.7 Å². The minimum absolute atomic E-state index is 0.138. The minimum Gasteiger partial charge on any atom is -0.480 e. The van der Waals surface area contributed by atoms with Crippen LogP contribution in [0.5, 0.6) is 0 Å². The summed E-state index contributed by atoms with van der Waals surface area (Å²) < 4.78 is 32.4. The van der Waals surface area contributed by atoms with Gasteiger partial charge in [-0.15, -0.1) is 0 Å². The molecule has 11 nitrogen and oxygen atoms in total. The number of nitrogens with two attached hydrogens (primary N) is 1. The zero-order chi connectivity index (χ0) is 37.1. The van der Waals surface area contributed by atoms with E-state index in [0.717, 1.165) is 77.0 Å². The number of phosphoric ester groups is 1. The van der Waals surface area contributed by atoms with E-state index in [1.807, 2.05) is 0 Å². The Kier molecular flexibility index (Phi) is 31.5. The third kappa shape index (κ3) is 32.4. The van der Waals surface area contributed by atoms with Gasteiger partial charge in [-0.25, -0.2) is 4.57 Å². The molecule has 0 saturated carbocycles. The number of aliphatic carboxylic acids is 1. The van der Waals surface area contributed by atoms with Gasteiger partial charge < -0.3 is 25.2 Å². The predicted molar refractivity (Wildman–Crippen MR) is 198 cm³/mol. The fourth-order valence-electron chi connectivity index (χ4n) is 4.33. The monoisotopic (exact) mass is 725 g/mol. The zero-order valence-electron chi connectivity index (χ0n) is 30.5. The lowest BCUT2D eigenvalue weighted by Gasteiger charge is -2.20. The number of carboxylic acid groups (broad SMARTS) is 1. The van der Waals surface area contributed by atoms with E-state index in [-0.39, 0.29) is 19.4 Å². The highest BCUT2D eigenvalue weighted by molar-refractivity contribution is 7.47. The fraction of sp³-hybridized carbons (Fsp3) is 0.658. The van der Waals surface area contributed by atoms with E-state index in [9.17, 15) is 23.8 Å². The maximum Gasteiger partial charge on any atom is 0.472 e. The van der Waals surface area contributed by atoms with Gasteiger partial charge >= 0.3 is 25.7 Å². The van der Waals surface area contributed by atoms with E-state index < -0.39 is 51.1 Å². The average Bonchev–Trinajstić information content (AvgIpc) is 3.09. The van der Waals surface area contributed by atoms with Gasteiger partial charge in [-0.05, 0) is 70.6 Å². The van der Waals surface area contributed by atoms with Crippen LogP contribution in [-0.2, 0) is 37.5 Å². The number of esters is 2. The summed E-state index contributed by atoms with van der Waals surface area (Å²) in [5.41, 5.74) is 5.30. The molecule has 0 spiro atoms. The topological polar surface area (TPSA) is 172 Å². The molecule has 50 heavy (non-hydrogen) atoms. The van der Waals surface area contributed by atoms with Crippen molar-refractivity contribution < 1.29 is 47.5 Å². The van der Waals surface area contributed by atoms with Gasteiger partial charge in [0.1, 0.15) is 12.6 Å². The van der Waals surface area contributed by atoms with Crippen LogP contribution >= 0.6 is 7.82 Å². The molecular weight excluding hydrogens is 661 g/mol. The Morgan fingerprint density at radius 1 is 0.640 bits per heavy atom. The highest BCUT2D eigenvalue weighted by Crippen LogP contribution is 2.43. The summed E-state index contributed by atoms with van der Waals surface area (Å²) >= 11 is 0. The second-order valence-electron chi connectivity index (χ2n) is 12.0. The number of carbonyl (C=O) groups excluding carboxylic acids is 2. The van der Waals surface area contributed by atoms with Crippen LogP contribution in [0, 0.1) is 0 Å². The summed E-state index contributed by atoms with van der Waals surface area (Å²) in [5.74, 6) is -2.46. The molecule has 286 valence electrons. The van der Waals surface area contributed by atoms with Crippen molar-refractivity contribution in [1.29, 1.82) is 0 Å². The molecule has 4 N–H and O–H groups in total. The van der Waals surface area contributed by atoms with Gasteiger partial charge in [-0.2, -0.15) is 0 Å². The number of hydrogen-bond acceptors (Lipinski definition) is 9. The average molecular weight is 726 g/mol. The molecule has 0 aliphatic carbocycles. The molecule has 12 heteroatoms. The smallest absolute Gasteiger partial charge is 0.472 e. The second-order valence-corrected chi connectivity index (χ2v) is 13.4. The van der Waals surface area contributed by atoms with Gasteiger partial charge in [-0.1, -0.05) is 107 Å². The summed E-state index contributed by atoms with van der Waals surface area (Å²) in [4.78, 5) is 45.6. The fourth-order valence-corrected chi connectivity index (χ4v) is 5.11. The van der Waals surface area contributed by atoms with Crippen molar-refractivity contribution in [1.82, 2.24) is 0 Å². The molecule has 0 radical (unpaired) electrons. The van der Waals surface area contributed by atoms with E-state index in [1.165, 1.54) is 12.8 Å². The Morgan fingerprint density at radius 3 is 1.74 bits per heavy atom. The molecule has 1 unspecified atom stereocenters. The Balaban J connectivity index is 4.55.